The van der Waals surface area contributed by atoms with Crippen molar-refractivity contribution in [1.29, 1.82) is 0 Å². The molecule has 2 aliphatic rings. The van der Waals surface area contributed by atoms with Gasteiger partial charge in [0.25, 0.3) is 0 Å². The van der Waals surface area contributed by atoms with Crippen LogP contribution in [0.4, 0.5) is 0 Å². The topological polar surface area (TPSA) is 55.8 Å². The normalized spacial score (nSPS) is 34.7. The van der Waals surface area contributed by atoms with Crippen molar-refractivity contribution in [2.45, 2.75) is 38.0 Å². The summed E-state index contributed by atoms with van der Waals surface area (Å²) in [4.78, 5) is 15.6. The van der Waals surface area contributed by atoms with E-state index in [4.69, 9.17) is 0 Å². The van der Waals surface area contributed by atoms with Crippen molar-refractivity contribution in [1.82, 2.24) is 15.1 Å². The lowest BCUT2D eigenvalue weighted by Gasteiger charge is -2.41. The van der Waals surface area contributed by atoms with Crippen LogP contribution in [0, 0.1) is 5.92 Å². The second-order valence-corrected chi connectivity index (χ2v) is 5.89. The highest BCUT2D eigenvalue weighted by Crippen LogP contribution is 2.29. The highest BCUT2D eigenvalue weighted by atomic mass is 16.3. The average molecular weight is 255 g/mol. The zero-order chi connectivity index (χ0) is 13.1. The smallest absolute Gasteiger partial charge is 0.234 e. The van der Waals surface area contributed by atoms with Crippen LogP contribution in [0.5, 0.6) is 0 Å². The van der Waals surface area contributed by atoms with Gasteiger partial charge >= 0.3 is 0 Å². The molecular formula is C13H25N3O2. The third-order valence-electron chi connectivity index (χ3n) is 4.10. The van der Waals surface area contributed by atoms with Crippen LogP contribution in [-0.2, 0) is 4.79 Å². The molecule has 1 heterocycles. The lowest BCUT2D eigenvalue weighted by atomic mass is 9.84. The molecule has 5 nitrogen and oxygen atoms in total. The van der Waals surface area contributed by atoms with Crippen LogP contribution in [0.2, 0.25) is 0 Å². The van der Waals surface area contributed by atoms with E-state index in [1.54, 1.807) is 0 Å². The van der Waals surface area contributed by atoms with Crippen molar-refractivity contribution in [3.63, 3.8) is 0 Å². The summed E-state index contributed by atoms with van der Waals surface area (Å²) >= 11 is 0. The fraction of sp³-hybridized carbons (Fsp3) is 0.923. The van der Waals surface area contributed by atoms with Gasteiger partial charge < -0.3 is 15.3 Å². The van der Waals surface area contributed by atoms with E-state index in [-0.39, 0.29) is 5.91 Å². The Balaban J connectivity index is 1.83. The number of carbonyl (C=O) groups excluding carboxylic acids is 1. The molecule has 0 radical (unpaired) electrons. The van der Waals surface area contributed by atoms with E-state index >= 15 is 0 Å². The van der Waals surface area contributed by atoms with Crippen molar-refractivity contribution >= 4 is 5.91 Å². The van der Waals surface area contributed by atoms with E-state index in [0.29, 0.717) is 19.1 Å². The van der Waals surface area contributed by atoms with Crippen LogP contribution < -0.4 is 5.32 Å². The number of amides is 1. The number of hydrogen-bond donors (Lipinski definition) is 2. The SMILES string of the molecule is CN(C)CC1CCC(N2CC(=O)NCC2O)CC1. The molecule has 1 saturated heterocycles. The van der Waals surface area contributed by atoms with Crippen LogP contribution in [0.25, 0.3) is 0 Å². The standard InChI is InChI=1S/C13H25N3O2/c1-15(2)8-10-3-5-11(6-4-10)16-9-12(17)14-7-13(16)18/h10-11,13,18H,3-9H2,1-2H3,(H,14,17). The van der Waals surface area contributed by atoms with Gasteiger partial charge in [-0.05, 0) is 45.7 Å². The Morgan fingerprint density at radius 2 is 2.00 bits per heavy atom. The van der Waals surface area contributed by atoms with Crippen molar-refractivity contribution in [3.05, 3.63) is 0 Å². The molecule has 0 bridgehead atoms. The molecule has 1 unspecified atom stereocenters. The van der Waals surface area contributed by atoms with E-state index in [2.05, 4.69) is 24.3 Å². The summed E-state index contributed by atoms with van der Waals surface area (Å²) in [6, 6.07) is 0.379. The van der Waals surface area contributed by atoms with Crippen molar-refractivity contribution in [3.8, 4) is 0 Å². The molecule has 0 aromatic heterocycles. The maximum absolute atomic E-state index is 11.4. The van der Waals surface area contributed by atoms with Gasteiger partial charge in [0.05, 0.1) is 13.1 Å². The molecule has 0 spiro atoms. The molecule has 2 fully saturated rings. The molecule has 104 valence electrons. The molecule has 0 aromatic carbocycles. The number of nitrogens with zero attached hydrogens (tertiary/aromatic N) is 2. The van der Waals surface area contributed by atoms with Gasteiger partial charge in [-0.15, -0.1) is 0 Å². The quantitative estimate of drug-likeness (QED) is 0.737. The fourth-order valence-electron chi connectivity index (χ4n) is 3.20. The van der Waals surface area contributed by atoms with Gasteiger partial charge in [0.2, 0.25) is 5.91 Å². The Morgan fingerprint density at radius 3 is 2.61 bits per heavy atom. The molecule has 2 N–H and O–H groups in total. The molecule has 1 saturated carbocycles. The third kappa shape index (κ3) is 3.43. The number of carbonyl (C=O) groups is 1. The summed E-state index contributed by atoms with van der Waals surface area (Å²) in [7, 11) is 4.23. The molecule has 0 aromatic rings. The molecular weight excluding hydrogens is 230 g/mol. The van der Waals surface area contributed by atoms with E-state index in [1.807, 2.05) is 4.90 Å². The lowest BCUT2D eigenvalue weighted by molar-refractivity contribution is -0.135. The minimum absolute atomic E-state index is 0.0377. The Kier molecular flexibility index (Phi) is 4.59. The Morgan fingerprint density at radius 1 is 1.33 bits per heavy atom. The minimum Gasteiger partial charge on any atom is -0.376 e. The first-order valence-electron chi connectivity index (χ1n) is 6.91. The number of aliphatic hydroxyl groups is 1. The Labute approximate surface area is 109 Å². The van der Waals surface area contributed by atoms with Gasteiger partial charge in [0.15, 0.2) is 0 Å². The molecule has 1 atom stereocenters. The van der Waals surface area contributed by atoms with Gasteiger partial charge in [-0.25, -0.2) is 0 Å². The number of piperazine rings is 1. The van der Waals surface area contributed by atoms with Crippen LogP contribution >= 0.6 is 0 Å². The van der Waals surface area contributed by atoms with Gasteiger partial charge in [-0.1, -0.05) is 0 Å². The van der Waals surface area contributed by atoms with Crippen molar-refractivity contribution in [2.75, 3.05) is 33.7 Å². The summed E-state index contributed by atoms with van der Waals surface area (Å²) in [5, 5.41) is 12.7. The molecule has 1 amide bonds. The van der Waals surface area contributed by atoms with Gasteiger partial charge in [-0.2, -0.15) is 0 Å². The van der Waals surface area contributed by atoms with Gasteiger partial charge in [0.1, 0.15) is 6.23 Å². The van der Waals surface area contributed by atoms with Gasteiger partial charge in [-0.3, -0.25) is 9.69 Å². The molecule has 1 aliphatic heterocycles. The fourth-order valence-corrected chi connectivity index (χ4v) is 3.20. The largest absolute Gasteiger partial charge is 0.376 e. The summed E-state index contributed by atoms with van der Waals surface area (Å²) in [5.41, 5.74) is 0. The summed E-state index contributed by atoms with van der Waals surface area (Å²) in [5.74, 6) is 0.808. The van der Waals surface area contributed by atoms with E-state index in [1.165, 1.54) is 12.8 Å². The summed E-state index contributed by atoms with van der Waals surface area (Å²) in [6.45, 7) is 1.87. The maximum atomic E-state index is 11.4. The number of rotatable bonds is 3. The monoisotopic (exact) mass is 255 g/mol. The minimum atomic E-state index is -0.502. The lowest BCUT2D eigenvalue weighted by Crippen LogP contribution is -2.58. The van der Waals surface area contributed by atoms with Crippen LogP contribution in [0.3, 0.4) is 0 Å². The Bertz CT molecular complexity index is 288. The molecule has 5 heteroatoms. The van der Waals surface area contributed by atoms with Crippen LogP contribution in [0.1, 0.15) is 25.7 Å². The molecule has 1 aliphatic carbocycles. The molecule has 2 rings (SSSR count). The van der Waals surface area contributed by atoms with Crippen molar-refractivity contribution < 1.29 is 9.90 Å². The zero-order valence-electron chi connectivity index (χ0n) is 11.4. The van der Waals surface area contributed by atoms with Crippen LogP contribution in [-0.4, -0.2) is 66.8 Å². The molecule has 18 heavy (non-hydrogen) atoms. The second kappa shape index (κ2) is 5.99. The number of hydrogen-bond acceptors (Lipinski definition) is 4. The highest BCUT2D eigenvalue weighted by Gasteiger charge is 2.33. The van der Waals surface area contributed by atoms with Crippen LogP contribution in [0.15, 0.2) is 0 Å². The van der Waals surface area contributed by atoms with E-state index in [9.17, 15) is 9.90 Å². The average Bonchev–Trinajstić information content (AvgIpc) is 2.33. The third-order valence-corrected chi connectivity index (χ3v) is 4.10. The number of aliphatic hydroxyl groups excluding tert-OH is 1. The van der Waals surface area contributed by atoms with E-state index < -0.39 is 6.23 Å². The maximum Gasteiger partial charge on any atom is 0.234 e. The number of nitrogens with one attached hydrogen (secondary N) is 1. The summed E-state index contributed by atoms with van der Waals surface area (Å²) in [6.07, 6.45) is 4.10. The Hall–Kier alpha value is -0.650. The highest BCUT2D eigenvalue weighted by molar-refractivity contribution is 5.78. The van der Waals surface area contributed by atoms with Crippen molar-refractivity contribution in [2.24, 2.45) is 5.92 Å². The van der Waals surface area contributed by atoms with Gasteiger partial charge in [0, 0.05) is 12.6 Å². The summed E-state index contributed by atoms with van der Waals surface area (Å²) < 4.78 is 0. The predicted molar refractivity (Wildman–Crippen MR) is 70.0 cm³/mol. The first-order valence-corrected chi connectivity index (χ1v) is 6.91. The number of β-amino-alcohol motifs (C(OH)–C–C–N with tert-alkyl or cyclic N) is 1. The first kappa shape index (κ1) is 13.8. The first-order chi connectivity index (χ1) is 8.56. The van der Waals surface area contributed by atoms with E-state index in [0.717, 1.165) is 25.3 Å². The zero-order valence-corrected chi connectivity index (χ0v) is 11.4. The second-order valence-electron chi connectivity index (χ2n) is 5.89. The predicted octanol–water partition coefficient (Wildman–Crippen LogP) is -0.143.